The smallest absolute Gasteiger partial charge is 0.226 e. The van der Waals surface area contributed by atoms with Crippen LogP contribution in [-0.4, -0.2) is 43.4 Å². The van der Waals surface area contributed by atoms with E-state index in [1.165, 1.54) is 12.8 Å². The molecule has 0 aromatic heterocycles. The van der Waals surface area contributed by atoms with Gasteiger partial charge in [0.2, 0.25) is 5.91 Å². The molecule has 0 unspecified atom stereocenters. The summed E-state index contributed by atoms with van der Waals surface area (Å²) in [4.78, 5) is 14.1. The van der Waals surface area contributed by atoms with Gasteiger partial charge in [0, 0.05) is 12.4 Å². The third-order valence-electron chi connectivity index (χ3n) is 3.34. The molecule has 3 nitrogen and oxygen atoms in total. The van der Waals surface area contributed by atoms with Crippen LogP contribution in [0, 0.1) is 11.3 Å². The molecule has 0 bridgehead atoms. The number of likely N-dealkylation sites (tertiary alicyclic amines) is 1. The maximum atomic E-state index is 11.8. The maximum Gasteiger partial charge on any atom is 0.226 e. The Kier molecular flexibility index (Phi) is 5.06. The molecule has 1 saturated heterocycles. The molecule has 0 radical (unpaired) electrons. The van der Waals surface area contributed by atoms with Crippen LogP contribution >= 0.6 is 11.6 Å². The molecule has 1 aliphatic heterocycles. The fraction of sp³-hybridized carbons (Fsp3) is 0.917. The molecule has 4 heteroatoms. The van der Waals surface area contributed by atoms with E-state index in [0.717, 1.165) is 19.6 Å². The van der Waals surface area contributed by atoms with Crippen molar-refractivity contribution < 1.29 is 4.79 Å². The SMILES string of the molecule is CN1CCC(CNC(=O)C(C)(C)CCl)CC1. The number of carbonyl (C=O) groups is 1. The van der Waals surface area contributed by atoms with Gasteiger partial charge in [0.1, 0.15) is 0 Å². The van der Waals surface area contributed by atoms with Gasteiger partial charge in [-0.15, -0.1) is 11.6 Å². The molecule has 0 saturated carbocycles. The van der Waals surface area contributed by atoms with Crippen molar-refractivity contribution in [2.75, 3.05) is 32.6 Å². The normalized spacial score (nSPS) is 19.8. The molecule has 1 fully saturated rings. The number of amides is 1. The molecule has 1 aliphatic rings. The Bertz CT molecular complexity index is 235. The highest BCUT2D eigenvalue weighted by molar-refractivity contribution is 6.19. The number of rotatable bonds is 4. The van der Waals surface area contributed by atoms with E-state index in [0.29, 0.717) is 11.8 Å². The topological polar surface area (TPSA) is 32.3 Å². The molecule has 0 aromatic carbocycles. The number of halogens is 1. The highest BCUT2D eigenvalue weighted by atomic mass is 35.5. The van der Waals surface area contributed by atoms with Crippen LogP contribution in [0.15, 0.2) is 0 Å². The van der Waals surface area contributed by atoms with Gasteiger partial charge in [-0.25, -0.2) is 0 Å². The van der Waals surface area contributed by atoms with E-state index < -0.39 is 5.41 Å². The number of hydrogen-bond donors (Lipinski definition) is 1. The van der Waals surface area contributed by atoms with Crippen molar-refractivity contribution in [3.8, 4) is 0 Å². The molecule has 1 rings (SSSR count). The van der Waals surface area contributed by atoms with Crippen LogP contribution in [0.4, 0.5) is 0 Å². The summed E-state index contributed by atoms with van der Waals surface area (Å²) in [6.45, 7) is 6.83. The van der Waals surface area contributed by atoms with E-state index in [9.17, 15) is 4.79 Å². The highest BCUT2D eigenvalue weighted by Crippen LogP contribution is 2.18. The van der Waals surface area contributed by atoms with E-state index in [4.69, 9.17) is 11.6 Å². The molecule has 0 aromatic rings. The number of carbonyl (C=O) groups excluding carboxylic acids is 1. The molecule has 1 N–H and O–H groups in total. The second-order valence-electron chi connectivity index (χ2n) is 5.47. The highest BCUT2D eigenvalue weighted by Gasteiger charge is 2.27. The van der Waals surface area contributed by atoms with E-state index >= 15 is 0 Å². The van der Waals surface area contributed by atoms with Gasteiger partial charge in [-0.2, -0.15) is 0 Å². The Balaban J connectivity index is 2.27. The summed E-state index contributed by atoms with van der Waals surface area (Å²) >= 11 is 5.76. The molecule has 1 heterocycles. The lowest BCUT2D eigenvalue weighted by molar-refractivity contribution is -0.128. The number of piperidine rings is 1. The first-order valence-electron chi connectivity index (χ1n) is 5.98. The Labute approximate surface area is 104 Å². The van der Waals surface area contributed by atoms with Gasteiger partial charge in [0.05, 0.1) is 5.41 Å². The maximum absolute atomic E-state index is 11.8. The Morgan fingerprint density at radius 2 is 2.00 bits per heavy atom. The van der Waals surface area contributed by atoms with E-state index in [-0.39, 0.29) is 5.91 Å². The van der Waals surface area contributed by atoms with Crippen molar-refractivity contribution in [3.63, 3.8) is 0 Å². The monoisotopic (exact) mass is 246 g/mol. The summed E-state index contributed by atoms with van der Waals surface area (Å²) in [7, 11) is 2.14. The zero-order valence-electron chi connectivity index (χ0n) is 10.6. The Hall–Kier alpha value is -0.280. The second-order valence-corrected chi connectivity index (χ2v) is 5.74. The zero-order valence-corrected chi connectivity index (χ0v) is 11.3. The van der Waals surface area contributed by atoms with Gasteiger partial charge >= 0.3 is 0 Å². The average molecular weight is 247 g/mol. The summed E-state index contributed by atoms with van der Waals surface area (Å²) in [6, 6.07) is 0. The standard InChI is InChI=1S/C12H23ClN2O/c1-12(2,9-13)11(16)14-8-10-4-6-15(3)7-5-10/h10H,4-9H2,1-3H3,(H,14,16). The predicted molar refractivity (Wildman–Crippen MR) is 67.7 cm³/mol. The lowest BCUT2D eigenvalue weighted by atomic mass is 9.93. The first-order chi connectivity index (χ1) is 7.45. The molecular formula is C12H23ClN2O. The van der Waals surface area contributed by atoms with Crippen molar-refractivity contribution in [2.45, 2.75) is 26.7 Å². The first kappa shape index (κ1) is 13.8. The minimum Gasteiger partial charge on any atom is -0.355 e. The van der Waals surface area contributed by atoms with Crippen LogP contribution in [0.3, 0.4) is 0 Å². The third kappa shape index (κ3) is 3.95. The number of nitrogens with one attached hydrogen (secondary N) is 1. The molecule has 16 heavy (non-hydrogen) atoms. The molecule has 94 valence electrons. The van der Waals surface area contributed by atoms with Gasteiger partial charge in [0.25, 0.3) is 0 Å². The van der Waals surface area contributed by atoms with Gasteiger partial charge < -0.3 is 10.2 Å². The zero-order chi connectivity index (χ0) is 12.2. The molecule has 1 amide bonds. The quantitative estimate of drug-likeness (QED) is 0.766. The summed E-state index contributed by atoms with van der Waals surface area (Å²) in [5, 5.41) is 3.02. The molecule has 0 atom stereocenters. The van der Waals surface area contributed by atoms with Crippen molar-refractivity contribution in [3.05, 3.63) is 0 Å². The van der Waals surface area contributed by atoms with Crippen LogP contribution in [0.2, 0.25) is 0 Å². The lowest BCUT2D eigenvalue weighted by Gasteiger charge is -2.30. The Morgan fingerprint density at radius 3 is 2.50 bits per heavy atom. The van der Waals surface area contributed by atoms with Gasteiger partial charge in [0.15, 0.2) is 0 Å². The minimum absolute atomic E-state index is 0.0708. The van der Waals surface area contributed by atoms with E-state index in [2.05, 4.69) is 17.3 Å². The van der Waals surface area contributed by atoms with Crippen molar-refractivity contribution in [1.29, 1.82) is 0 Å². The second kappa shape index (κ2) is 5.87. The fourth-order valence-corrected chi connectivity index (χ4v) is 1.92. The third-order valence-corrected chi connectivity index (χ3v) is 4.01. The van der Waals surface area contributed by atoms with Crippen molar-refractivity contribution in [1.82, 2.24) is 10.2 Å². The molecular weight excluding hydrogens is 224 g/mol. The average Bonchev–Trinajstić information content (AvgIpc) is 2.28. The fourth-order valence-electron chi connectivity index (χ4n) is 1.80. The number of hydrogen-bond acceptors (Lipinski definition) is 2. The first-order valence-corrected chi connectivity index (χ1v) is 6.52. The van der Waals surface area contributed by atoms with E-state index in [1.54, 1.807) is 0 Å². The lowest BCUT2D eigenvalue weighted by Crippen LogP contribution is -2.42. The largest absolute Gasteiger partial charge is 0.355 e. The van der Waals surface area contributed by atoms with Crippen LogP contribution in [0.1, 0.15) is 26.7 Å². The van der Waals surface area contributed by atoms with Crippen molar-refractivity contribution >= 4 is 17.5 Å². The van der Waals surface area contributed by atoms with Crippen LogP contribution < -0.4 is 5.32 Å². The van der Waals surface area contributed by atoms with Gasteiger partial charge in [-0.1, -0.05) is 0 Å². The Morgan fingerprint density at radius 1 is 1.44 bits per heavy atom. The van der Waals surface area contributed by atoms with E-state index in [1.807, 2.05) is 13.8 Å². The molecule has 0 aliphatic carbocycles. The number of alkyl halides is 1. The van der Waals surface area contributed by atoms with Crippen LogP contribution in [-0.2, 0) is 4.79 Å². The molecule has 0 spiro atoms. The van der Waals surface area contributed by atoms with Crippen LogP contribution in [0.25, 0.3) is 0 Å². The van der Waals surface area contributed by atoms with Gasteiger partial charge in [-0.05, 0) is 52.7 Å². The summed E-state index contributed by atoms with van der Waals surface area (Å²) in [5.74, 6) is 1.07. The summed E-state index contributed by atoms with van der Waals surface area (Å²) in [6.07, 6.45) is 2.36. The van der Waals surface area contributed by atoms with Gasteiger partial charge in [-0.3, -0.25) is 4.79 Å². The summed E-state index contributed by atoms with van der Waals surface area (Å²) < 4.78 is 0. The minimum atomic E-state index is -0.451. The van der Waals surface area contributed by atoms with Crippen molar-refractivity contribution in [2.24, 2.45) is 11.3 Å². The summed E-state index contributed by atoms with van der Waals surface area (Å²) in [5.41, 5.74) is -0.451. The van der Waals surface area contributed by atoms with Crippen LogP contribution in [0.5, 0.6) is 0 Å². The predicted octanol–water partition coefficient (Wildman–Crippen LogP) is 1.71. The number of nitrogens with zero attached hydrogens (tertiary/aromatic N) is 1.